The third-order valence-corrected chi connectivity index (χ3v) is 4.68. The van der Waals surface area contributed by atoms with Gasteiger partial charge in [0.1, 0.15) is 5.82 Å². The van der Waals surface area contributed by atoms with E-state index in [1.54, 1.807) is 6.07 Å². The number of halogens is 3. The summed E-state index contributed by atoms with van der Waals surface area (Å²) < 4.78 is 13.4. The second-order valence-corrected chi connectivity index (χ2v) is 6.01. The van der Waals surface area contributed by atoms with Gasteiger partial charge in [-0.1, -0.05) is 17.7 Å². The third kappa shape index (κ3) is 3.05. The second kappa shape index (κ2) is 5.96. The van der Waals surface area contributed by atoms with Crippen molar-refractivity contribution in [2.45, 2.75) is 25.4 Å². The van der Waals surface area contributed by atoms with Gasteiger partial charge in [0.15, 0.2) is 0 Å². The topological polar surface area (TPSA) is 29.3 Å². The van der Waals surface area contributed by atoms with E-state index in [0.29, 0.717) is 12.0 Å². The average Bonchev–Trinajstić information content (AvgIpc) is 2.87. The fraction of sp³-hybridized carbons (Fsp3) is 0.571. The van der Waals surface area contributed by atoms with E-state index in [2.05, 4.69) is 4.90 Å². The van der Waals surface area contributed by atoms with Gasteiger partial charge >= 0.3 is 0 Å². The first-order valence-corrected chi connectivity index (χ1v) is 6.93. The number of benzene rings is 1. The molecule has 2 nitrogen and oxygen atoms in total. The summed E-state index contributed by atoms with van der Waals surface area (Å²) in [4.78, 5) is 2.39. The summed E-state index contributed by atoms with van der Waals surface area (Å²) in [5.41, 5.74) is 7.11. The number of nitrogens with zero attached hydrogens (tertiary/aromatic N) is 1. The van der Waals surface area contributed by atoms with E-state index in [1.807, 2.05) is 6.07 Å². The van der Waals surface area contributed by atoms with Crippen molar-refractivity contribution >= 4 is 24.0 Å². The third-order valence-electron chi connectivity index (χ3n) is 4.38. The van der Waals surface area contributed by atoms with Crippen LogP contribution in [0.5, 0.6) is 0 Å². The van der Waals surface area contributed by atoms with E-state index >= 15 is 0 Å². The summed E-state index contributed by atoms with van der Waals surface area (Å²) in [5, 5.41) is 0.194. The van der Waals surface area contributed by atoms with Gasteiger partial charge in [-0.3, -0.25) is 4.90 Å². The molecule has 1 heterocycles. The molecule has 1 saturated heterocycles. The van der Waals surface area contributed by atoms with Gasteiger partial charge in [-0.15, -0.1) is 12.4 Å². The molecule has 2 fully saturated rings. The lowest BCUT2D eigenvalue weighted by Gasteiger charge is -2.18. The van der Waals surface area contributed by atoms with Gasteiger partial charge in [0.25, 0.3) is 0 Å². The van der Waals surface area contributed by atoms with Crippen molar-refractivity contribution in [3.05, 3.63) is 34.6 Å². The Balaban J connectivity index is 0.00000133. The van der Waals surface area contributed by atoms with E-state index in [1.165, 1.54) is 18.9 Å². The van der Waals surface area contributed by atoms with Gasteiger partial charge in [-0.05, 0) is 42.4 Å². The molecule has 0 radical (unpaired) electrons. The Bertz CT molecular complexity index is 455. The SMILES string of the molecule is Cl.NC1CCC2CN(Cc3ccc(Cl)c(F)c3)CC12. The first-order chi connectivity index (χ1) is 8.63. The molecule has 3 unspecified atom stereocenters. The molecule has 0 aromatic heterocycles. The molecular formula is C14H19Cl2FN2. The Labute approximate surface area is 124 Å². The normalized spacial score (nSPS) is 30.2. The van der Waals surface area contributed by atoms with Gasteiger partial charge < -0.3 is 5.73 Å². The molecule has 0 bridgehead atoms. The van der Waals surface area contributed by atoms with Crippen LogP contribution in [0, 0.1) is 17.7 Å². The van der Waals surface area contributed by atoms with E-state index in [0.717, 1.165) is 31.1 Å². The van der Waals surface area contributed by atoms with Crippen molar-refractivity contribution in [2.75, 3.05) is 13.1 Å². The molecule has 1 aliphatic heterocycles. The number of likely N-dealkylation sites (tertiary alicyclic amines) is 1. The Morgan fingerprint density at radius 3 is 2.79 bits per heavy atom. The summed E-state index contributed by atoms with van der Waals surface area (Å²) in [5.74, 6) is 1.06. The highest BCUT2D eigenvalue weighted by atomic mass is 35.5. The Morgan fingerprint density at radius 2 is 2.11 bits per heavy atom. The number of rotatable bonds is 2. The molecule has 19 heavy (non-hydrogen) atoms. The number of hydrogen-bond donors (Lipinski definition) is 1. The predicted octanol–water partition coefficient (Wildman–Crippen LogP) is 3.07. The van der Waals surface area contributed by atoms with Crippen LogP contribution in [0.25, 0.3) is 0 Å². The molecule has 0 spiro atoms. The minimum atomic E-state index is -0.328. The summed E-state index contributed by atoms with van der Waals surface area (Å²) >= 11 is 5.69. The lowest BCUT2D eigenvalue weighted by Crippen LogP contribution is -2.30. The molecule has 1 aromatic rings. The quantitative estimate of drug-likeness (QED) is 0.910. The lowest BCUT2D eigenvalue weighted by molar-refractivity contribution is 0.298. The molecular weight excluding hydrogens is 286 g/mol. The van der Waals surface area contributed by atoms with E-state index < -0.39 is 0 Å². The highest BCUT2D eigenvalue weighted by Crippen LogP contribution is 2.37. The Kier molecular flexibility index (Phi) is 4.72. The van der Waals surface area contributed by atoms with Crippen LogP contribution in [-0.2, 0) is 6.54 Å². The van der Waals surface area contributed by atoms with Gasteiger partial charge in [-0.25, -0.2) is 4.39 Å². The minimum Gasteiger partial charge on any atom is -0.327 e. The molecule has 3 atom stereocenters. The van der Waals surface area contributed by atoms with Crippen LogP contribution in [0.4, 0.5) is 4.39 Å². The van der Waals surface area contributed by atoms with Crippen LogP contribution in [0.1, 0.15) is 18.4 Å². The van der Waals surface area contributed by atoms with Crippen molar-refractivity contribution in [3.8, 4) is 0 Å². The predicted molar refractivity (Wildman–Crippen MR) is 78.1 cm³/mol. The maximum Gasteiger partial charge on any atom is 0.142 e. The molecule has 0 amide bonds. The van der Waals surface area contributed by atoms with Gasteiger partial charge in [0.2, 0.25) is 0 Å². The van der Waals surface area contributed by atoms with E-state index in [4.69, 9.17) is 17.3 Å². The van der Waals surface area contributed by atoms with Crippen LogP contribution in [0.3, 0.4) is 0 Å². The maximum atomic E-state index is 13.4. The Morgan fingerprint density at radius 1 is 1.32 bits per heavy atom. The summed E-state index contributed by atoms with van der Waals surface area (Å²) in [6, 6.07) is 5.44. The van der Waals surface area contributed by atoms with Crippen molar-refractivity contribution in [1.29, 1.82) is 0 Å². The highest BCUT2D eigenvalue weighted by Gasteiger charge is 2.40. The van der Waals surface area contributed by atoms with Gasteiger partial charge in [0.05, 0.1) is 5.02 Å². The zero-order chi connectivity index (χ0) is 12.7. The maximum absolute atomic E-state index is 13.4. The molecule has 2 N–H and O–H groups in total. The molecule has 1 aromatic carbocycles. The van der Waals surface area contributed by atoms with Crippen molar-refractivity contribution in [3.63, 3.8) is 0 Å². The molecule has 5 heteroatoms. The van der Waals surface area contributed by atoms with Crippen LogP contribution < -0.4 is 5.73 Å². The second-order valence-electron chi connectivity index (χ2n) is 5.61. The fourth-order valence-corrected chi connectivity index (χ4v) is 3.54. The van der Waals surface area contributed by atoms with Crippen LogP contribution >= 0.6 is 24.0 Å². The smallest absolute Gasteiger partial charge is 0.142 e. The zero-order valence-corrected chi connectivity index (χ0v) is 12.3. The van der Waals surface area contributed by atoms with Crippen LogP contribution in [-0.4, -0.2) is 24.0 Å². The van der Waals surface area contributed by atoms with E-state index in [-0.39, 0.29) is 23.2 Å². The van der Waals surface area contributed by atoms with E-state index in [9.17, 15) is 4.39 Å². The summed E-state index contributed by atoms with van der Waals surface area (Å²) in [6.07, 6.45) is 2.41. The first kappa shape index (κ1) is 15.0. The van der Waals surface area contributed by atoms with Crippen molar-refractivity contribution in [2.24, 2.45) is 17.6 Å². The molecule has 3 rings (SSSR count). The van der Waals surface area contributed by atoms with Crippen molar-refractivity contribution < 1.29 is 4.39 Å². The number of nitrogens with two attached hydrogens (primary N) is 1. The molecule has 1 saturated carbocycles. The van der Waals surface area contributed by atoms with Crippen LogP contribution in [0.15, 0.2) is 18.2 Å². The zero-order valence-electron chi connectivity index (χ0n) is 10.7. The largest absolute Gasteiger partial charge is 0.327 e. The average molecular weight is 305 g/mol. The monoisotopic (exact) mass is 304 g/mol. The standard InChI is InChI=1S/C14H18ClFN2.ClH/c15-12-3-1-9(5-13(12)16)6-18-7-10-2-4-14(17)11(10)8-18;/h1,3,5,10-11,14H,2,4,6-8,17H2;1H. The highest BCUT2D eigenvalue weighted by molar-refractivity contribution is 6.30. The summed E-state index contributed by atoms with van der Waals surface area (Å²) in [7, 11) is 0. The molecule has 1 aliphatic carbocycles. The molecule has 2 aliphatic rings. The fourth-order valence-electron chi connectivity index (χ4n) is 3.43. The van der Waals surface area contributed by atoms with Gasteiger partial charge in [0, 0.05) is 25.7 Å². The summed E-state index contributed by atoms with van der Waals surface area (Å²) in [6.45, 7) is 2.95. The number of hydrogen-bond acceptors (Lipinski definition) is 2. The van der Waals surface area contributed by atoms with Crippen LogP contribution in [0.2, 0.25) is 5.02 Å². The van der Waals surface area contributed by atoms with Crippen molar-refractivity contribution in [1.82, 2.24) is 4.90 Å². The Hall–Kier alpha value is -0.350. The minimum absolute atomic E-state index is 0. The van der Waals surface area contributed by atoms with Gasteiger partial charge in [-0.2, -0.15) is 0 Å². The lowest BCUT2D eigenvalue weighted by atomic mass is 9.98. The number of fused-ring (bicyclic) bond motifs is 1. The molecule has 106 valence electrons. The first-order valence-electron chi connectivity index (χ1n) is 6.55.